The van der Waals surface area contributed by atoms with Gasteiger partial charge in [-0.15, -0.1) is 0 Å². The minimum atomic E-state index is -3.71. The summed E-state index contributed by atoms with van der Waals surface area (Å²) in [5.74, 6) is -2.46. The van der Waals surface area contributed by atoms with E-state index in [1.54, 1.807) is 13.8 Å². The Kier molecular flexibility index (Phi) is 6.10. The van der Waals surface area contributed by atoms with Gasteiger partial charge < -0.3 is 5.32 Å². The summed E-state index contributed by atoms with van der Waals surface area (Å²) >= 11 is 0. The molecule has 0 spiro atoms. The first-order valence-electron chi connectivity index (χ1n) is 9.52. The van der Waals surface area contributed by atoms with Gasteiger partial charge in [0, 0.05) is 17.8 Å². The Morgan fingerprint density at radius 3 is 2.22 bits per heavy atom. The van der Waals surface area contributed by atoms with Crippen molar-refractivity contribution in [3.8, 4) is 0 Å². The molecular weight excluding hydrogens is 440 g/mol. The number of nitro groups is 1. The van der Waals surface area contributed by atoms with Gasteiger partial charge in [-0.05, 0) is 51.1 Å². The molecule has 0 saturated carbocycles. The topological polar surface area (TPSA) is 156 Å². The number of rotatable bonds is 7. The average Bonchev–Trinajstić information content (AvgIpc) is 2.97. The van der Waals surface area contributed by atoms with Crippen LogP contribution >= 0.6 is 0 Å². The van der Waals surface area contributed by atoms with Crippen molar-refractivity contribution in [1.29, 1.82) is 0 Å². The van der Waals surface area contributed by atoms with E-state index in [0.717, 1.165) is 6.07 Å². The minimum absolute atomic E-state index is 0.00454. The third kappa shape index (κ3) is 4.22. The predicted octanol–water partition coefficient (Wildman–Crippen LogP) is 1.90. The second-order valence-corrected chi connectivity index (χ2v) is 9.12. The van der Waals surface area contributed by atoms with E-state index in [1.807, 2.05) is 0 Å². The quantitative estimate of drug-likeness (QED) is 0.363. The van der Waals surface area contributed by atoms with Gasteiger partial charge in [-0.25, -0.2) is 13.1 Å². The molecule has 168 valence electrons. The number of carbonyl (C=O) groups excluding carboxylic acids is 3. The van der Waals surface area contributed by atoms with Gasteiger partial charge in [0.2, 0.25) is 15.9 Å². The molecular formula is C20H20N4O7S. The Balaban J connectivity index is 1.78. The number of hydrogen-bond acceptors (Lipinski definition) is 7. The first-order chi connectivity index (χ1) is 14.9. The normalized spacial score (nSPS) is 14.4. The fourth-order valence-corrected chi connectivity index (χ4v) is 4.50. The van der Waals surface area contributed by atoms with Gasteiger partial charge in [0.25, 0.3) is 17.5 Å². The van der Waals surface area contributed by atoms with E-state index in [0.29, 0.717) is 4.90 Å². The van der Waals surface area contributed by atoms with Gasteiger partial charge in [0.1, 0.15) is 11.6 Å². The summed E-state index contributed by atoms with van der Waals surface area (Å²) in [6, 6.07) is 7.47. The van der Waals surface area contributed by atoms with Gasteiger partial charge in [0.15, 0.2) is 0 Å². The molecule has 1 aliphatic rings. The van der Waals surface area contributed by atoms with Gasteiger partial charge in [-0.1, -0.05) is 6.07 Å². The molecule has 0 unspecified atom stereocenters. The predicted molar refractivity (Wildman–Crippen MR) is 114 cm³/mol. The summed E-state index contributed by atoms with van der Waals surface area (Å²) in [5.41, 5.74) is -0.763. The molecule has 0 radical (unpaired) electrons. The molecule has 0 aliphatic carbocycles. The summed E-state index contributed by atoms with van der Waals surface area (Å²) in [6.07, 6.45) is 0. The molecule has 0 bridgehead atoms. The highest BCUT2D eigenvalue weighted by Gasteiger charge is 2.44. The number of hydrogen-bond donors (Lipinski definition) is 2. The van der Waals surface area contributed by atoms with E-state index in [-0.39, 0.29) is 27.8 Å². The molecule has 2 aromatic carbocycles. The van der Waals surface area contributed by atoms with Crippen LogP contribution in [0.4, 0.5) is 11.4 Å². The SMILES string of the molecule is CC(C)NS(=O)(=O)c1ccc(NC(=O)[C@H](C)N2C(=O)c3cccc([N+](=O)[O-])c3C2=O)cc1. The summed E-state index contributed by atoms with van der Waals surface area (Å²) in [4.78, 5) is 49.2. The second kappa shape index (κ2) is 8.48. The molecule has 32 heavy (non-hydrogen) atoms. The lowest BCUT2D eigenvalue weighted by molar-refractivity contribution is -0.385. The van der Waals surface area contributed by atoms with Crippen molar-refractivity contribution in [3.05, 3.63) is 63.7 Å². The first kappa shape index (κ1) is 23.0. The minimum Gasteiger partial charge on any atom is -0.324 e. The maximum absolute atomic E-state index is 12.7. The number of sulfonamides is 1. The standard InChI is InChI=1S/C20H20N4O7S/c1-11(2)22-32(30,31)14-9-7-13(8-10-14)21-18(25)12(3)23-19(26)15-5-4-6-16(24(28)29)17(15)20(23)27/h4-12,22H,1-3H3,(H,21,25)/t12-/m0/s1. The highest BCUT2D eigenvalue weighted by molar-refractivity contribution is 7.89. The Bertz CT molecular complexity index is 1220. The summed E-state index contributed by atoms with van der Waals surface area (Å²) in [5, 5.41) is 13.7. The summed E-state index contributed by atoms with van der Waals surface area (Å²) in [6.45, 7) is 4.68. The smallest absolute Gasteiger partial charge is 0.282 e. The van der Waals surface area contributed by atoms with Crippen LogP contribution in [0.5, 0.6) is 0 Å². The number of amides is 3. The van der Waals surface area contributed by atoms with E-state index < -0.39 is 44.4 Å². The van der Waals surface area contributed by atoms with Crippen LogP contribution in [0.15, 0.2) is 47.4 Å². The third-order valence-electron chi connectivity index (χ3n) is 4.71. The number of imide groups is 1. The maximum Gasteiger partial charge on any atom is 0.282 e. The molecule has 1 aliphatic heterocycles. The fourth-order valence-electron chi connectivity index (χ4n) is 3.25. The maximum atomic E-state index is 12.7. The van der Waals surface area contributed by atoms with Crippen LogP contribution in [0.3, 0.4) is 0 Å². The van der Waals surface area contributed by atoms with Crippen LogP contribution in [-0.2, 0) is 14.8 Å². The molecule has 0 fully saturated rings. The number of nitrogens with zero attached hydrogens (tertiary/aromatic N) is 2. The zero-order valence-corrected chi connectivity index (χ0v) is 18.2. The Hall–Kier alpha value is -3.64. The Labute approximate surface area is 183 Å². The molecule has 3 amide bonds. The zero-order valence-electron chi connectivity index (χ0n) is 17.4. The lowest BCUT2D eigenvalue weighted by atomic mass is 10.1. The number of benzene rings is 2. The van der Waals surface area contributed by atoms with Crippen LogP contribution in [-0.4, -0.2) is 48.0 Å². The van der Waals surface area contributed by atoms with E-state index in [1.165, 1.54) is 43.3 Å². The largest absolute Gasteiger partial charge is 0.324 e. The molecule has 2 N–H and O–H groups in total. The molecule has 1 atom stereocenters. The number of carbonyl (C=O) groups is 3. The average molecular weight is 460 g/mol. The summed E-state index contributed by atoms with van der Waals surface area (Å²) in [7, 11) is -3.71. The van der Waals surface area contributed by atoms with E-state index in [4.69, 9.17) is 0 Å². The Morgan fingerprint density at radius 1 is 1.03 bits per heavy atom. The molecule has 11 nitrogen and oxygen atoms in total. The monoisotopic (exact) mass is 460 g/mol. The molecule has 0 saturated heterocycles. The van der Waals surface area contributed by atoms with Crippen molar-refractivity contribution in [3.63, 3.8) is 0 Å². The van der Waals surface area contributed by atoms with Crippen LogP contribution in [0.2, 0.25) is 0 Å². The van der Waals surface area contributed by atoms with E-state index in [9.17, 15) is 32.9 Å². The Morgan fingerprint density at radius 2 is 1.66 bits per heavy atom. The number of nitro benzene ring substituents is 1. The second-order valence-electron chi connectivity index (χ2n) is 7.40. The van der Waals surface area contributed by atoms with Crippen LogP contribution < -0.4 is 10.0 Å². The van der Waals surface area contributed by atoms with Gasteiger partial charge in [-0.3, -0.25) is 29.4 Å². The van der Waals surface area contributed by atoms with Crippen molar-refractivity contribution in [2.45, 2.75) is 37.8 Å². The zero-order chi connectivity index (χ0) is 23.8. The van der Waals surface area contributed by atoms with Crippen molar-refractivity contribution >= 4 is 39.1 Å². The van der Waals surface area contributed by atoms with Gasteiger partial charge in [0.05, 0.1) is 15.4 Å². The fraction of sp³-hybridized carbons (Fsp3) is 0.250. The van der Waals surface area contributed by atoms with Gasteiger partial charge >= 0.3 is 0 Å². The molecule has 1 heterocycles. The van der Waals surface area contributed by atoms with Crippen molar-refractivity contribution < 1.29 is 27.7 Å². The van der Waals surface area contributed by atoms with Crippen LogP contribution in [0.25, 0.3) is 0 Å². The number of nitrogens with one attached hydrogen (secondary N) is 2. The number of fused-ring (bicyclic) bond motifs is 1. The van der Waals surface area contributed by atoms with Crippen molar-refractivity contribution in [2.24, 2.45) is 0 Å². The van der Waals surface area contributed by atoms with Crippen molar-refractivity contribution in [2.75, 3.05) is 5.32 Å². The summed E-state index contributed by atoms with van der Waals surface area (Å²) < 4.78 is 26.8. The molecule has 3 rings (SSSR count). The molecule has 12 heteroatoms. The van der Waals surface area contributed by atoms with E-state index >= 15 is 0 Å². The molecule has 0 aromatic heterocycles. The lowest BCUT2D eigenvalue weighted by Gasteiger charge is -2.21. The highest BCUT2D eigenvalue weighted by atomic mass is 32.2. The van der Waals surface area contributed by atoms with Crippen LogP contribution in [0, 0.1) is 10.1 Å². The molecule has 2 aromatic rings. The van der Waals surface area contributed by atoms with Crippen molar-refractivity contribution in [1.82, 2.24) is 9.62 Å². The third-order valence-corrected chi connectivity index (χ3v) is 6.39. The van der Waals surface area contributed by atoms with Gasteiger partial charge in [-0.2, -0.15) is 0 Å². The van der Waals surface area contributed by atoms with E-state index in [2.05, 4.69) is 10.0 Å². The lowest BCUT2D eigenvalue weighted by Crippen LogP contribution is -2.45. The van der Waals surface area contributed by atoms with Crippen LogP contribution in [0.1, 0.15) is 41.5 Å². The number of anilines is 1. The highest BCUT2D eigenvalue weighted by Crippen LogP contribution is 2.32. The first-order valence-corrected chi connectivity index (χ1v) is 11.0.